The maximum Gasteiger partial charge on any atom is 0.142 e. The Morgan fingerprint density at radius 3 is 2.88 bits per heavy atom. The van der Waals surface area contributed by atoms with Crippen molar-refractivity contribution in [1.29, 1.82) is 0 Å². The van der Waals surface area contributed by atoms with E-state index in [1.165, 1.54) is 18.9 Å². The molecular formula is C13H17ClFN. The number of rotatable bonds is 4. The van der Waals surface area contributed by atoms with Gasteiger partial charge in [0.25, 0.3) is 0 Å². The van der Waals surface area contributed by atoms with Crippen LogP contribution in [0.25, 0.3) is 0 Å². The summed E-state index contributed by atoms with van der Waals surface area (Å²) in [5, 5.41) is 3.70. The largest absolute Gasteiger partial charge is 0.307 e. The van der Waals surface area contributed by atoms with Crippen molar-refractivity contribution in [2.24, 2.45) is 5.92 Å². The standard InChI is InChI=1S/C13H17ClFN/c1-3-9-7-13(9)16-8(2)10-4-5-11(14)12(15)6-10/h4-6,8-9,13,16H,3,7H2,1-2H3. The van der Waals surface area contributed by atoms with Gasteiger partial charge < -0.3 is 5.32 Å². The molecule has 3 heteroatoms. The zero-order valence-electron chi connectivity index (χ0n) is 9.63. The third-order valence-electron chi connectivity index (χ3n) is 3.35. The number of hydrogen-bond acceptors (Lipinski definition) is 1. The predicted molar refractivity (Wildman–Crippen MR) is 65.1 cm³/mol. The van der Waals surface area contributed by atoms with E-state index in [-0.39, 0.29) is 16.9 Å². The van der Waals surface area contributed by atoms with Crippen molar-refractivity contribution in [2.45, 2.75) is 38.8 Å². The monoisotopic (exact) mass is 241 g/mol. The molecule has 16 heavy (non-hydrogen) atoms. The summed E-state index contributed by atoms with van der Waals surface area (Å²) in [4.78, 5) is 0. The Kier molecular flexibility index (Phi) is 3.50. The molecular weight excluding hydrogens is 225 g/mol. The second-order valence-electron chi connectivity index (χ2n) is 4.57. The Morgan fingerprint density at radius 2 is 2.31 bits per heavy atom. The first-order chi connectivity index (χ1) is 7.61. The molecule has 0 bridgehead atoms. The van der Waals surface area contributed by atoms with Crippen molar-refractivity contribution in [2.75, 3.05) is 0 Å². The Balaban J connectivity index is 1.98. The first-order valence-electron chi connectivity index (χ1n) is 5.82. The van der Waals surface area contributed by atoms with E-state index in [1.807, 2.05) is 6.07 Å². The quantitative estimate of drug-likeness (QED) is 0.842. The molecule has 1 aliphatic carbocycles. The van der Waals surface area contributed by atoms with Crippen molar-refractivity contribution in [3.63, 3.8) is 0 Å². The lowest BCUT2D eigenvalue weighted by Gasteiger charge is -2.14. The highest BCUT2D eigenvalue weighted by Crippen LogP contribution is 2.35. The van der Waals surface area contributed by atoms with E-state index in [0.29, 0.717) is 6.04 Å². The number of nitrogens with one attached hydrogen (secondary N) is 1. The zero-order valence-corrected chi connectivity index (χ0v) is 10.4. The van der Waals surface area contributed by atoms with E-state index < -0.39 is 0 Å². The number of halogens is 2. The zero-order chi connectivity index (χ0) is 11.7. The maximum absolute atomic E-state index is 13.3. The fraction of sp³-hybridized carbons (Fsp3) is 0.538. The van der Waals surface area contributed by atoms with E-state index in [4.69, 9.17) is 11.6 Å². The topological polar surface area (TPSA) is 12.0 Å². The highest BCUT2D eigenvalue weighted by molar-refractivity contribution is 6.30. The fourth-order valence-corrected chi connectivity index (χ4v) is 2.22. The number of hydrogen-bond donors (Lipinski definition) is 1. The molecule has 0 saturated heterocycles. The van der Waals surface area contributed by atoms with Gasteiger partial charge in [-0.05, 0) is 37.0 Å². The average molecular weight is 242 g/mol. The van der Waals surface area contributed by atoms with E-state index in [1.54, 1.807) is 6.07 Å². The SMILES string of the molecule is CCC1CC1NC(C)c1ccc(Cl)c(F)c1. The van der Waals surface area contributed by atoms with Crippen molar-refractivity contribution >= 4 is 11.6 Å². The first kappa shape index (κ1) is 11.9. The summed E-state index contributed by atoms with van der Waals surface area (Å²) in [6, 6.07) is 5.82. The van der Waals surface area contributed by atoms with E-state index in [2.05, 4.69) is 19.2 Å². The smallest absolute Gasteiger partial charge is 0.142 e. The summed E-state index contributed by atoms with van der Waals surface area (Å²) in [6.07, 6.45) is 2.47. The molecule has 0 amide bonds. The summed E-state index contributed by atoms with van der Waals surface area (Å²) >= 11 is 5.65. The van der Waals surface area contributed by atoms with Gasteiger partial charge in [-0.25, -0.2) is 4.39 Å². The molecule has 0 heterocycles. The molecule has 1 saturated carbocycles. The molecule has 0 aromatic heterocycles. The van der Waals surface area contributed by atoms with Gasteiger partial charge in [0.15, 0.2) is 0 Å². The highest BCUT2D eigenvalue weighted by atomic mass is 35.5. The van der Waals surface area contributed by atoms with Crippen LogP contribution < -0.4 is 5.32 Å². The Labute approximate surface area is 101 Å². The summed E-state index contributed by atoms with van der Waals surface area (Å²) in [6.45, 7) is 4.27. The van der Waals surface area contributed by atoms with Gasteiger partial charge in [-0.1, -0.05) is 31.0 Å². The van der Waals surface area contributed by atoms with Crippen molar-refractivity contribution < 1.29 is 4.39 Å². The van der Waals surface area contributed by atoms with Crippen LogP contribution >= 0.6 is 11.6 Å². The van der Waals surface area contributed by atoms with Gasteiger partial charge in [-0.2, -0.15) is 0 Å². The molecule has 1 aromatic carbocycles. The molecule has 0 spiro atoms. The molecule has 88 valence electrons. The maximum atomic E-state index is 13.3. The summed E-state index contributed by atoms with van der Waals surface area (Å²) in [5.74, 6) is 0.468. The minimum Gasteiger partial charge on any atom is -0.307 e. The lowest BCUT2D eigenvalue weighted by molar-refractivity contribution is 0.534. The van der Waals surface area contributed by atoms with Gasteiger partial charge in [0.2, 0.25) is 0 Å². The van der Waals surface area contributed by atoms with Crippen LogP contribution in [0.4, 0.5) is 4.39 Å². The molecule has 0 aliphatic heterocycles. The molecule has 3 unspecified atom stereocenters. The molecule has 1 aromatic rings. The minimum atomic E-state index is -0.337. The van der Waals surface area contributed by atoms with Gasteiger partial charge in [-0.3, -0.25) is 0 Å². The normalized spacial score (nSPS) is 25.5. The molecule has 1 N–H and O–H groups in total. The minimum absolute atomic E-state index is 0.188. The molecule has 1 fully saturated rings. The first-order valence-corrected chi connectivity index (χ1v) is 6.20. The Morgan fingerprint density at radius 1 is 1.56 bits per heavy atom. The van der Waals surface area contributed by atoms with Crippen LogP contribution in [-0.4, -0.2) is 6.04 Å². The van der Waals surface area contributed by atoms with Crippen LogP contribution in [0.2, 0.25) is 5.02 Å². The fourth-order valence-electron chi connectivity index (χ4n) is 2.10. The lowest BCUT2D eigenvalue weighted by atomic mass is 10.1. The van der Waals surface area contributed by atoms with E-state index >= 15 is 0 Å². The molecule has 3 atom stereocenters. The summed E-state index contributed by atoms with van der Waals surface area (Å²) in [7, 11) is 0. The number of benzene rings is 1. The van der Waals surface area contributed by atoms with Gasteiger partial charge in [0.1, 0.15) is 5.82 Å². The second kappa shape index (κ2) is 4.72. The third-order valence-corrected chi connectivity index (χ3v) is 3.66. The highest BCUT2D eigenvalue weighted by Gasteiger charge is 2.35. The Hall–Kier alpha value is -0.600. The lowest BCUT2D eigenvalue weighted by Crippen LogP contribution is -2.22. The van der Waals surface area contributed by atoms with Crippen molar-refractivity contribution in [3.05, 3.63) is 34.6 Å². The molecule has 0 radical (unpaired) electrons. The van der Waals surface area contributed by atoms with Crippen molar-refractivity contribution in [1.82, 2.24) is 5.32 Å². The molecule has 2 rings (SSSR count). The average Bonchev–Trinajstić information content (AvgIpc) is 3.00. The van der Waals surface area contributed by atoms with Crippen LogP contribution in [0.3, 0.4) is 0 Å². The third kappa shape index (κ3) is 2.55. The van der Waals surface area contributed by atoms with E-state index in [0.717, 1.165) is 11.5 Å². The van der Waals surface area contributed by atoms with Gasteiger partial charge >= 0.3 is 0 Å². The van der Waals surface area contributed by atoms with Crippen LogP contribution in [0, 0.1) is 11.7 Å². The predicted octanol–water partition coefficient (Wildman–Crippen LogP) is 3.93. The molecule has 1 nitrogen and oxygen atoms in total. The van der Waals surface area contributed by atoms with Crippen LogP contribution in [0.15, 0.2) is 18.2 Å². The summed E-state index contributed by atoms with van der Waals surface area (Å²) < 4.78 is 13.3. The van der Waals surface area contributed by atoms with Crippen LogP contribution in [0.5, 0.6) is 0 Å². The van der Waals surface area contributed by atoms with E-state index in [9.17, 15) is 4.39 Å². The Bertz CT molecular complexity index is 380. The van der Waals surface area contributed by atoms with Crippen molar-refractivity contribution in [3.8, 4) is 0 Å². The second-order valence-corrected chi connectivity index (χ2v) is 4.98. The summed E-state index contributed by atoms with van der Waals surface area (Å²) in [5.41, 5.74) is 0.962. The molecule has 1 aliphatic rings. The van der Waals surface area contributed by atoms with Gasteiger partial charge in [0.05, 0.1) is 5.02 Å². The van der Waals surface area contributed by atoms with Gasteiger partial charge in [-0.15, -0.1) is 0 Å². The van der Waals surface area contributed by atoms with Gasteiger partial charge in [0, 0.05) is 12.1 Å². The van der Waals surface area contributed by atoms with Crippen LogP contribution in [0.1, 0.15) is 38.3 Å². The van der Waals surface area contributed by atoms with Crippen LogP contribution in [-0.2, 0) is 0 Å².